The van der Waals surface area contributed by atoms with E-state index in [1.54, 1.807) is 6.08 Å². The lowest BCUT2D eigenvalue weighted by Gasteiger charge is -2.39. The number of rotatable bonds is 3. The molecule has 1 heterocycles. The predicted molar refractivity (Wildman–Crippen MR) is 94.0 cm³/mol. The first-order chi connectivity index (χ1) is 10.2. The maximum Gasteiger partial charge on any atom is 0.411 e. The third-order valence-electron chi connectivity index (χ3n) is 4.28. The number of ketones is 1. The number of hydrogen-bond donors (Lipinski definition) is 0. The molecule has 23 heavy (non-hydrogen) atoms. The molecule has 5 nitrogen and oxygen atoms in total. The normalized spacial score (nSPS) is 19.9. The van der Waals surface area contributed by atoms with Crippen LogP contribution in [-0.4, -0.2) is 49.9 Å². The number of ether oxygens (including phenoxy) is 1. The summed E-state index contributed by atoms with van der Waals surface area (Å²) in [6, 6.07) is -0.267. The second-order valence-corrected chi connectivity index (χ2v) is 13.4. The second kappa shape index (κ2) is 6.77. The molecule has 0 N–H and O–H groups in total. The van der Waals surface area contributed by atoms with E-state index in [-0.39, 0.29) is 23.4 Å². The molecule has 0 aromatic rings. The zero-order valence-electron chi connectivity index (χ0n) is 15.7. The van der Waals surface area contributed by atoms with Gasteiger partial charge in [-0.25, -0.2) is 4.79 Å². The van der Waals surface area contributed by atoms with Crippen molar-refractivity contribution in [2.45, 2.75) is 71.3 Å². The molecule has 0 spiro atoms. The Balaban J connectivity index is 2.83. The highest BCUT2D eigenvalue weighted by Gasteiger charge is 2.39. The number of carbonyl (C=O) groups excluding carboxylic acids is 2. The molecule has 0 saturated heterocycles. The third kappa shape index (κ3) is 5.77. The minimum atomic E-state index is -1.91. The molecule has 0 saturated carbocycles. The van der Waals surface area contributed by atoms with Crippen LogP contribution in [0.5, 0.6) is 0 Å². The highest BCUT2D eigenvalue weighted by Crippen LogP contribution is 2.36. The van der Waals surface area contributed by atoms with Gasteiger partial charge in [0.25, 0.3) is 0 Å². The fourth-order valence-electron chi connectivity index (χ4n) is 1.84. The van der Waals surface area contributed by atoms with Crippen LogP contribution in [0.2, 0.25) is 18.1 Å². The van der Waals surface area contributed by atoms with Crippen LogP contribution in [0.25, 0.3) is 0 Å². The van der Waals surface area contributed by atoms with Crippen molar-refractivity contribution in [1.82, 2.24) is 4.90 Å². The maximum absolute atomic E-state index is 12.4. The SMILES string of the molecule is CC(C)(C)OC(=O)N1CC(=O)C=CC1CO[Si](C)(C)C(C)(C)C. The standard InChI is InChI=1S/C17H31NO4Si/c1-16(2,3)22-15(20)18-11-14(19)10-9-13(18)12-21-23(7,8)17(4,5)6/h9-10,13H,11-12H2,1-8H3. The largest absolute Gasteiger partial charge is 0.444 e. The molecule has 1 atom stereocenters. The zero-order valence-corrected chi connectivity index (χ0v) is 16.7. The van der Waals surface area contributed by atoms with Crippen molar-refractivity contribution in [3.8, 4) is 0 Å². The van der Waals surface area contributed by atoms with Crippen LogP contribution in [0, 0.1) is 0 Å². The topological polar surface area (TPSA) is 55.8 Å². The number of nitrogens with zero attached hydrogens (tertiary/aromatic N) is 1. The monoisotopic (exact) mass is 341 g/mol. The molecule has 0 aromatic carbocycles. The zero-order chi connectivity index (χ0) is 18.1. The van der Waals surface area contributed by atoms with Crippen LogP contribution in [0.4, 0.5) is 4.79 Å². The van der Waals surface area contributed by atoms with E-state index in [4.69, 9.17) is 9.16 Å². The summed E-state index contributed by atoms with van der Waals surface area (Å²) in [6.07, 6.45) is 2.79. The molecule has 132 valence electrons. The van der Waals surface area contributed by atoms with Crippen LogP contribution < -0.4 is 0 Å². The maximum atomic E-state index is 12.4. The molecule has 0 radical (unpaired) electrons. The van der Waals surface area contributed by atoms with Gasteiger partial charge in [-0.05, 0) is 45.0 Å². The summed E-state index contributed by atoms with van der Waals surface area (Å²) in [6.45, 7) is 16.7. The molecule has 6 heteroatoms. The van der Waals surface area contributed by atoms with Crippen LogP contribution in [0.15, 0.2) is 12.2 Å². The van der Waals surface area contributed by atoms with Gasteiger partial charge in [-0.1, -0.05) is 26.8 Å². The van der Waals surface area contributed by atoms with Crippen molar-refractivity contribution >= 4 is 20.2 Å². The van der Waals surface area contributed by atoms with E-state index in [9.17, 15) is 9.59 Å². The van der Waals surface area contributed by atoms with Crippen LogP contribution in [0.1, 0.15) is 41.5 Å². The van der Waals surface area contributed by atoms with Gasteiger partial charge in [0.1, 0.15) is 5.60 Å². The first-order valence-corrected chi connectivity index (χ1v) is 11.0. The van der Waals surface area contributed by atoms with Gasteiger partial charge in [-0.2, -0.15) is 0 Å². The van der Waals surface area contributed by atoms with Crippen molar-refractivity contribution in [2.24, 2.45) is 0 Å². The van der Waals surface area contributed by atoms with Crippen molar-refractivity contribution in [1.29, 1.82) is 0 Å². The van der Waals surface area contributed by atoms with Crippen molar-refractivity contribution in [3.63, 3.8) is 0 Å². The van der Waals surface area contributed by atoms with Gasteiger partial charge in [-0.3, -0.25) is 9.69 Å². The average Bonchev–Trinajstić information content (AvgIpc) is 2.33. The Hall–Kier alpha value is -1.14. The Morgan fingerprint density at radius 3 is 2.30 bits per heavy atom. The molecule has 1 rings (SSSR count). The first kappa shape index (κ1) is 19.9. The summed E-state index contributed by atoms with van der Waals surface area (Å²) in [7, 11) is -1.91. The van der Waals surface area contributed by atoms with Gasteiger partial charge >= 0.3 is 6.09 Å². The van der Waals surface area contributed by atoms with E-state index < -0.39 is 20.0 Å². The van der Waals surface area contributed by atoms with E-state index in [1.807, 2.05) is 20.8 Å². The summed E-state index contributed by atoms with van der Waals surface area (Å²) in [5.41, 5.74) is -0.591. The summed E-state index contributed by atoms with van der Waals surface area (Å²) < 4.78 is 11.6. The lowest BCUT2D eigenvalue weighted by Crippen LogP contribution is -2.51. The molecule has 1 aliphatic heterocycles. The van der Waals surface area contributed by atoms with Gasteiger partial charge in [0.05, 0.1) is 19.2 Å². The summed E-state index contributed by atoms with van der Waals surface area (Å²) >= 11 is 0. The van der Waals surface area contributed by atoms with E-state index in [2.05, 4.69) is 33.9 Å². The van der Waals surface area contributed by atoms with Gasteiger partial charge in [0.15, 0.2) is 14.1 Å². The Morgan fingerprint density at radius 2 is 1.83 bits per heavy atom. The minimum Gasteiger partial charge on any atom is -0.444 e. The van der Waals surface area contributed by atoms with Crippen molar-refractivity contribution in [3.05, 3.63) is 12.2 Å². The molecule has 1 amide bonds. The first-order valence-electron chi connectivity index (χ1n) is 8.07. The molecule has 0 aliphatic carbocycles. The quantitative estimate of drug-likeness (QED) is 0.734. The van der Waals surface area contributed by atoms with Gasteiger partial charge in [0, 0.05) is 0 Å². The lowest BCUT2D eigenvalue weighted by atomic mass is 10.1. The molecular formula is C17H31NO4Si. The van der Waals surface area contributed by atoms with Gasteiger partial charge in [-0.15, -0.1) is 0 Å². The van der Waals surface area contributed by atoms with Gasteiger partial charge < -0.3 is 9.16 Å². The molecular weight excluding hydrogens is 310 g/mol. The molecule has 0 fully saturated rings. The highest BCUT2D eigenvalue weighted by molar-refractivity contribution is 6.74. The lowest BCUT2D eigenvalue weighted by molar-refractivity contribution is -0.117. The Bertz CT molecular complexity index is 486. The van der Waals surface area contributed by atoms with Crippen molar-refractivity contribution < 1.29 is 18.8 Å². The van der Waals surface area contributed by atoms with Crippen LogP contribution in [-0.2, 0) is 14.0 Å². The predicted octanol–water partition coefficient (Wildman–Crippen LogP) is 3.75. The average molecular weight is 342 g/mol. The number of hydrogen-bond acceptors (Lipinski definition) is 4. The Labute approximate surface area is 141 Å². The van der Waals surface area contributed by atoms with Crippen LogP contribution in [0.3, 0.4) is 0 Å². The smallest absolute Gasteiger partial charge is 0.411 e. The molecule has 0 bridgehead atoms. The minimum absolute atomic E-state index is 0.0386. The number of amides is 1. The summed E-state index contributed by atoms with van der Waals surface area (Å²) in [5, 5.41) is 0.0952. The second-order valence-electron chi connectivity index (χ2n) is 8.57. The van der Waals surface area contributed by atoms with Gasteiger partial charge in [0.2, 0.25) is 0 Å². The molecule has 0 aromatic heterocycles. The number of carbonyl (C=O) groups is 2. The fraction of sp³-hybridized carbons (Fsp3) is 0.765. The fourth-order valence-corrected chi connectivity index (χ4v) is 2.86. The highest BCUT2D eigenvalue weighted by atomic mass is 28.4. The third-order valence-corrected chi connectivity index (χ3v) is 8.78. The van der Waals surface area contributed by atoms with E-state index in [0.29, 0.717) is 6.61 Å². The van der Waals surface area contributed by atoms with E-state index in [0.717, 1.165) is 0 Å². The van der Waals surface area contributed by atoms with Crippen LogP contribution >= 0.6 is 0 Å². The summed E-state index contributed by atoms with van der Waals surface area (Å²) in [4.78, 5) is 25.5. The summed E-state index contributed by atoms with van der Waals surface area (Å²) in [5.74, 6) is -0.0977. The molecule has 1 unspecified atom stereocenters. The Morgan fingerprint density at radius 1 is 1.26 bits per heavy atom. The van der Waals surface area contributed by atoms with Crippen molar-refractivity contribution in [2.75, 3.05) is 13.2 Å². The van der Waals surface area contributed by atoms with E-state index >= 15 is 0 Å². The molecule has 1 aliphatic rings. The van der Waals surface area contributed by atoms with E-state index in [1.165, 1.54) is 11.0 Å². The Kier molecular flexibility index (Phi) is 5.86.